The lowest BCUT2D eigenvalue weighted by Crippen LogP contribution is -2.13. The molecule has 1 aromatic carbocycles. The molecule has 0 N–H and O–H groups in total. The Hall–Kier alpha value is -2.48. The summed E-state index contributed by atoms with van der Waals surface area (Å²) in [6.07, 6.45) is 1.10. The number of aromatic nitrogens is 3. The summed E-state index contributed by atoms with van der Waals surface area (Å²) in [6.45, 7) is 3.69. The van der Waals surface area contributed by atoms with E-state index < -0.39 is 23.8 Å². The van der Waals surface area contributed by atoms with Gasteiger partial charge in [0.2, 0.25) is 0 Å². The molecule has 0 amide bonds. The molecule has 0 fully saturated rings. The van der Waals surface area contributed by atoms with Gasteiger partial charge in [-0.05, 0) is 57.2 Å². The Morgan fingerprint density at radius 1 is 1.07 bits per heavy atom. The van der Waals surface area contributed by atoms with E-state index in [1.54, 1.807) is 0 Å². The fraction of sp³-hybridized carbons (Fsp3) is 0.381. The molecule has 3 heterocycles. The standard InChI is InChI=1S/C21H19F3N4S/c1-10-20-27-26-11(2)28(20)21-17(13-8-6-12(22)7-9-16(13)29-21)19(25-10)18-14(23)4-3-5-15(18)24/h3-5,10,12H,6-9H2,1-2H3/t10-,12-/m0/s1. The average molecular weight is 416 g/mol. The van der Waals surface area contributed by atoms with E-state index in [2.05, 4.69) is 10.2 Å². The number of aliphatic imine (C=N–C) groups is 1. The minimum absolute atomic E-state index is 0.140. The Morgan fingerprint density at radius 2 is 1.79 bits per heavy atom. The molecule has 150 valence electrons. The van der Waals surface area contributed by atoms with Crippen molar-refractivity contribution in [1.29, 1.82) is 0 Å². The van der Waals surface area contributed by atoms with Crippen LogP contribution in [-0.4, -0.2) is 26.6 Å². The van der Waals surface area contributed by atoms with E-state index >= 15 is 0 Å². The van der Waals surface area contributed by atoms with Crippen LogP contribution in [0.5, 0.6) is 0 Å². The van der Waals surface area contributed by atoms with Gasteiger partial charge >= 0.3 is 0 Å². The number of benzene rings is 1. The fourth-order valence-corrected chi connectivity index (χ4v) is 5.65. The topological polar surface area (TPSA) is 43.1 Å². The number of thiophene rings is 1. The van der Waals surface area contributed by atoms with E-state index in [9.17, 15) is 13.2 Å². The molecule has 8 heteroatoms. The minimum Gasteiger partial charge on any atom is -0.273 e. The molecule has 0 saturated heterocycles. The van der Waals surface area contributed by atoms with Crippen molar-refractivity contribution in [2.24, 2.45) is 4.99 Å². The molecule has 2 atom stereocenters. The first-order valence-corrected chi connectivity index (χ1v) is 10.5. The maximum atomic E-state index is 14.8. The fourth-order valence-electron chi connectivity index (χ4n) is 4.23. The van der Waals surface area contributed by atoms with Gasteiger partial charge in [-0.25, -0.2) is 13.2 Å². The Morgan fingerprint density at radius 3 is 2.55 bits per heavy atom. The van der Waals surface area contributed by atoms with Crippen molar-refractivity contribution >= 4 is 17.0 Å². The monoisotopic (exact) mass is 416 g/mol. The van der Waals surface area contributed by atoms with Crippen LogP contribution in [0.4, 0.5) is 13.2 Å². The second-order valence-electron chi connectivity index (χ2n) is 7.55. The highest BCUT2D eigenvalue weighted by atomic mass is 32.1. The van der Waals surface area contributed by atoms with Gasteiger partial charge in [-0.2, -0.15) is 0 Å². The maximum absolute atomic E-state index is 14.8. The zero-order valence-electron chi connectivity index (χ0n) is 16.0. The first-order chi connectivity index (χ1) is 14.0. The van der Waals surface area contributed by atoms with Crippen LogP contribution >= 0.6 is 11.3 Å². The van der Waals surface area contributed by atoms with E-state index in [-0.39, 0.29) is 11.3 Å². The lowest BCUT2D eigenvalue weighted by Gasteiger charge is -2.12. The number of hydrogen-bond donors (Lipinski definition) is 0. The van der Waals surface area contributed by atoms with Crippen molar-refractivity contribution < 1.29 is 13.2 Å². The normalized spacial score (nSPS) is 20.9. The second-order valence-corrected chi connectivity index (χ2v) is 8.63. The molecule has 4 nitrogen and oxygen atoms in total. The van der Waals surface area contributed by atoms with Gasteiger partial charge in [-0.1, -0.05) is 6.07 Å². The smallest absolute Gasteiger partial charge is 0.162 e. The Kier molecular flexibility index (Phi) is 4.34. The summed E-state index contributed by atoms with van der Waals surface area (Å²) in [4.78, 5) is 5.77. The summed E-state index contributed by atoms with van der Waals surface area (Å²) in [7, 11) is 0. The second kappa shape index (κ2) is 6.79. The Balaban J connectivity index is 1.84. The first kappa shape index (κ1) is 18.5. The lowest BCUT2D eigenvalue weighted by atomic mass is 9.96. The highest BCUT2D eigenvalue weighted by Gasteiger charge is 2.34. The summed E-state index contributed by atoms with van der Waals surface area (Å²) >= 11 is 1.53. The summed E-state index contributed by atoms with van der Waals surface area (Å²) in [5, 5.41) is 9.29. The average Bonchev–Trinajstić information content (AvgIpc) is 3.14. The van der Waals surface area contributed by atoms with Crippen LogP contribution < -0.4 is 0 Å². The summed E-state index contributed by atoms with van der Waals surface area (Å²) < 4.78 is 45.6. The summed E-state index contributed by atoms with van der Waals surface area (Å²) in [6, 6.07) is 3.39. The lowest BCUT2D eigenvalue weighted by molar-refractivity contribution is 0.303. The van der Waals surface area contributed by atoms with Gasteiger partial charge in [0.25, 0.3) is 0 Å². The molecule has 0 radical (unpaired) electrons. The zero-order chi connectivity index (χ0) is 20.3. The van der Waals surface area contributed by atoms with Gasteiger partial charge < -0.3 is 0 Å². The predicted octanol–water partition coefficient (Wildman–Crippen LogP) is 5.04. The van der Waals surface area contributed by atoms with Crippen LogP contribution in [-0.2, 0) is 12.8 Å². The van der Waals surface area contributed by atoms with Gasteiger partial charge in [-0.15, -0.1) is 21.5 Å². The van der Waals surface area contributed by atoms with Crippen molar-refractivity contribution in [1.82, 2.24) is 14.8 Å². The predicted molar refractivity (Wildman–Crippen MR) is 106 cm³/mol. The number of nitrogens with zero attached hydrogens (tertiary/aromatic N) is 4. The number of rotatable bonds is 1. The van der Waals surface area contributed by atoms with Crippen LogP contribution in [0, 0.1) is 18.6 Å². The summed E-state index contributed by atoms with van der Waals surface area (Å²) in [5.74, 6) is 0.00932. The highest BCUT2D eigenvalue weighted by molar-refractivity contribution is 7.15. The van der Waals surface area contributed by atoms with Crippen LogP contribution in [0.1, 0.15) is 59.0 Å². The van der Waals surface area contributed by atoms with Crippen molar-refractivity contribution in [3.63, 3.8) is 0 Å². The third-order valence-electron chi connectivity index (χ3n) is 5.65. The van der Waals surface area contributed by atoms with Gasteiger partial charge in [0.1, 0.15) is 34.7 Å². The van der Waals surface area contributed by atoms with E-state index in [1.807, 2.05) is 18.4 Å². The Labute approximate surface area is 170 Å². The molecule has 3 aromatic rings. The molecule has 2 aliphatic rings. The SMILES string of the molecule is Cc1nnc2n1-c1sc3c(c1C(c1c(F)cccc1F)=N[C@H]2C)CC[C@H](F)CC3. The molecule has 1 aliphatic heterocycles. The molecule has 1 aliphatic carbocycles. The van der Waals surface area contributed by atoms with Crippen LogP contribution in [0.25, 0.3) is 5.00 Å². The van der Waals surface area contributed by atoms with Gasteiger partial charge in [0, 0.05) is 10.4 Å². The molecule has 0 spiro atoms. The molecule has 0 unspecified atom stereocenters. The molecule has 2 aromatic heterocycles. The summed E-state index contributed by atoms with van der Waals surface area (Å²) in [5.41, 5.74) is 1.78. The minimum atomic E-state index is -0.868. The number of halogens is 3. The number of fused-ring (bicyclic) bond motifs is 5. The molecular formula is C21H19F3N4S. The first-order valence-electron chi connectivity index (χ1n) is 9.69. The van der Waals surface area contributed by atoms with E-state index in [4.69, 9.17) is 4.99 Å². The molecule has 5 rings (SSSR count). The van der Waals surface area contributed by atoms with Crippen molar-refractivity contribution in [3.05, 3.63) is 63.0 Å². The molecule has 29 heavy (non-hydrogen) atoms. The quantitative estimate of drug-likeness (QED) is 0.522. The van der Waals surface area contributed by atoms with Gasteiger partial charge in [0.05, 0.1) is 11.3 Å². The van der Waals surface area contributed by atoms with E-state index in [0.717, 1.165) is 15.4 Å². The third-order valence-corrected chi connectivity index (χ3v) is 6.93. The zero-order valence-corrected chi connectivity index (χ0v) is 16.9. The van der Waals surface area contributed by atoms with Crippen LogP contribution in [0.3, 0.4) is 0 Å². The van der Waals surface area contributed by atoms with Crippen molar-refractivity contribution in [2.75, 3.05) is 0 Å². The van der Waals surface area contributed by atoms with E-state index in [1.165, 1.54) is 29.5 Å². The maximum Gasteiger partial charge on any atom is 0.162 e. The third kappa shape index (κ3) is 2.84. The van der Waals surface area contributed by atoms with Crippen LogP contribution in [0.15, 0.2) is 23.2 Å². The number of hydrogen-bond acceptors (Lipinski definition) is 4. The number of alkyl halides is 1. The molecule has 0 bridgehead atoms. The van der Waals surface area contributed by atoms with Gasteiger partial charge in [-0.3, -0.25) is 9.56 Å². The number of aryl methyl sites for hydroxylation is 2. The molecule has 0 saturated carbocycles. The van der Waals surface area contributed by atoms with Crippen molar-refractivity contribution in [3.8, 4) is 5.00 Å². The van der Waals surface area contributed by atoms with Gasteiger partial charge in [0.15, 0.2) is 5.82 Å². The van der Waals surface area contributed by atoms with E-state index in [0.29, 0.717) is 42.9 Å². The molecular weight excluding hydrogens is 397 g/mol. The highest BCUT2D eigenvalue weighted by Crippen LogP contribution is 2.42. The Bertz CT molecular complexity index is 1130. The van der Waals surface area contributed by atoms with Crippen molar-refractivity contribution in [2.45, 2.75) is 51.7 Å². The van der Waals surface area contributed by atoms with Crippen LogP contribution in [0.2, 0.25) is 0 Å². The largest absolute Gasteiger partial charge is 0.273 e.